The van der Waals surface area contributed by atoms with Crippen LogP contribution in [-0.2, 0) is 6.54 Å². The fourth-order valence-electron chi connectivity index (χ4n) is 2.40. The number of pyridine rings is 2. The fraction of sp³-hybridized carbons (Fsp3) is 0.0588. The number of carbonyl (C=O) groups excluding carboxylic acids is 1. The largest absolute Gasteiger partial charge is 0.334 e. The summed E-state index contributed by atoms with van der Waals surface area (Å²) in [5.41, 5.74) is 1.41. The molecule has 134 valence electrons. The lowest BCUT2D eigenvalue weighted by molar-refractivity contribution is 0.251. The van der Waals surface area contributed by atoms with Crippen molar-refractivity contribution < 1.29 is 4.79 Å². The first-order valence-corrected chi connectivity index (χ1v) is 8.09. The Morgan fingerprint density at radius 3 is 2.74 bits per heavy atom. The zero-order chi connectivity index (χ0) is 18.5. The van der Waals surface area contributed by atoms with E-state index in [2.05, 4.69) is 35.8 Å². The zero-order valence-corrected chi connectivity index (χ0v) is 14.1. The van der Waals surface area contributed by atoms with Crippen LogP contribution < -0.4 is 10.6 Å². The van der Waals surface area contributed by atoms with Gasteiger partial charge >= 0.3 is 6.03 Å². The standard InChI is InChI=1S/C17H15N9O/c27-17(24-14-3-1-6-19-16(14)25-8-2-7-22-25)21-10-13-4-5-15(20-9-13)26-12-18-11-23-26/h1-9,11-12H,10H2,(H2,21,24,27). The Morgan fingerprint density at radius 2 is 2.00 bits per heavy atom. The van der Waals surface area contributed by atoms with E-state index in [4.69, 9.17) is 0 Å². The number of nitrogens with zero attached hydrogens (tertiary/aromatic N) is 7. The minimum atomic E-state index is -0.350. The number of nitrogens with one attached hydrogen (secondary N) is 2. The summed E-state index contributed by atoms with van der Waals surface area (Å²) >= 11 is 0. The van der Waals surface area contributed by atoms with Crippen molar-refractivity contribution in [1.29, 1.82) is 0 Å². The van der Waals surface area contributed by atoms with Crippen LogP contribution in [0.25, 0.3) is 11.6 Å². The second-order valence-electron chi connectivity index (χ2n) is 5.50. The van der Waals surface area contributed by atoms with Gasteiger partial charge in [-0.2, -0.15) is 10.2 Å². The third-order valence-electron chi connectivity index (χ3n) is 3.67. The van der Waals surface area contributed by atoms with Crippen LogP contribution >= 0.6 is 0 Å². The average molecular weight is 361 g/mol. The third-order valence-corrected chi connectivity index (χ3v) is 3.67. The molecule has 4 aromatic heterocycles. The van der Waals surface area contributed by atoms with E-state index in [1.54, 1.807) is 64.7 Å². The van der Waals surface area contributed by atoms with E-state index in [1.165, 1.54) is 6.33 Å². The second-order valence-corrected chi connectivity index (χ2v) is 5.50. The number of urea groups is 1. The van der Waals surface area contributed by atoms with Crippen LogP contribution in [0.4, 0.5) is 10.5 Å². The van der Waals surface area contributed by atoms with Crippen LogP contribution in [0.15, 0.2) is 67.8 Å². The Balaban J connectivity index is 1.38. The van der Waals surface area contributed by atoms with E-state index >= 15 is 0 Å². The van der Waals surface area contributed by atoms with Crippen LogP contribution in [0.1, 0.15) is 5.56 Å². The minimum Gasteiger partial charge on any atom is -0.334 e. The molecule has 0 atom stereocenters. The van der Waals surface area contributed by atoms with Gasteiger partial charge in [0.25, 0.3) is 0 Å². The Morgan fingerprint density at radius 1 is 1.04 bits per heavy atom. The summed E-state index contributed by atoms with van der Waals surface area (Å²) in [6.07, 6.45) is 9.73. The van der Waals surface area contributed by atoms with Crippen LogP contribution in [0.5, 0.6) is 0 Å². The molecule has 2 amide bonds. The molecule has 0 aliphatic rings. The molecule has 0 unspecified atom stereocenters. The SMILES string of the molecule is O=C(NCc1ccc(-n2cncn2)nc1)Nc1cccnc1-n1cccn1. The molecule has 2 N–H and O–H groups in total. The molecule has 0 aromatic carbocycles. The monoisotopic (exact) mass is 361 g/mol. The predicted molar refractivity (Wildman–Crippen MR) is 96.4 cm³/mol. The molecule has 10 heteroatoms. The highest BCUT2D eigenvalue weighted by Gasteiger charge is 2.09. The number of carbonyl (C=O) groups is 1. The molecule has 0 aliphatic carbocycles. The van der Waals surface area contributed by atoms with Gasteiger partial charge in [0, 0.05) is 31.3 Å². The molecule has 4 aromatic rings. The van der Waals surface area contributed by atoms with Gasteiger partial charge in [-0.15, -0.1) is 0 Å². The van der Waals surface area contributed by atoms with Crippen LogP contribution in [-0.4, -0.2) is 40.5 Å². The van der Waals surface area contributed by atoms with Crippen molar-refractivity contribution in [2.75, 3.05) is 5.32 Å². The lowest BCUT2D eigenvalue weighted by Crippen LogP contribution is -2.28. The van der Waals surface area contributed by atoms with E-state index in [1.807, 2.05) is 6.07 Å². The Hall–Kier alpha value is -4.08. The molecule has 4 heterocycles. The first-order valence-electron chi connectivity index (χ1n) is 8.09. The van der Waals surface area contributed by atoms with E-state index in [9.17, 15) is 4.79 Å². The topological polar surface area (TPSA) is 115 Å². The maximum Gasteiger partial charge on any atom is 0.319 e. The third kappa shape index (κ3) is 3.79. The molecule has 0 aliphatic heterocycles. The molecule has 10 nitrogen and oxygen atoms in total. The van der Waals surface area contributed by atoms with Crippen molar-refractivity contribution in [3.8, 4) is 11.6 Å². The number of hydrogen-bond donors (Lipinski definition) is 2. The molecule has 0 saturated heterocycles. The smallest absolute Gasteiger partial charge is 0.319 e. The minimum absolute atomic E-state index is 0.327. The molecule has 0 fully saturated rings. The first-order chi connectivity index (χ1) is 13.3. The molecular weight excluding hydrogens is 346 g/mol. The second kappa shape index (κ2) is 7.44. The summed E-state index contributed by atoms with van der Waals surface area (Å²) in [4.78, 5) is 24.7. The highest BCUT2D eigenvalue weighted by Crippen LogP contribution is 2.15. The predicted octanol–water partition coefficient (Wildman–Crippen LogP) is 1.56. The number of anilines is 1. The first kappa shape index (κ1) is 16.4. The number of aromatic nitrogens is 7. The summed E-state index contributed by atoms with van der Waals surface area (Å²) < 4.78 is 3.14. The van der Waals surface area contributed by atoms with Crippen molar-refractivity contribution >= 4 is 11.7 Å². The molecule has 0 bridgehead atoms. The molecule has 0 radical (unpaired) electrons. The summed E-state index contributed by atoms with van der Waals surface area (Å²) in [7, 11) is 0. The summed E-state index contributed by atoms with van der Waals surface area (Å²) in [5.74, 6) is 1.19. The fourth-order valence-corrected chi connectivity index (χ4v) is 2.40. The van der Waals surface area contributed by atoms with Gasteiger partial charge in [-0.3, -0.25) is 0 Å². The van der Waals surface area contributed by atoms with Gasteiger partial charge in [-0.1, -0.05) is 6.07 Å². The summed E-state index contributed by atoms with van der Waals surface area (Å²) in [6.45, 7) is 0.327. The van der Waals surface area contributed by atoms with E-state index in [0.29, 0.717) is 23.9 Å². The van der Waals surface area contributed by atoms with Crippen LogP contribution in [0.3, 0.4) is 0 Å². The van der Waals surface area contributed by atoms with E-state index in [-0.39, 0.29) is 6.03 Å². The molecule has 0 saturated carbocycles. The van der Waals surface area contributed by atoms with Crippen molar-refractivity contribution in [2.24, 2.45) is 0 Å². The molecule has 0 spiro atoms. The number of amides is 2. The van der Waals surface area contributed by atoms with Crippen molar-refractivity contribution in [3.05, 3.63) is 73.3 Å². The van der Waals surface area contributed by atoms with Crippen molar-refractivity contribution in [3.63, 3.8) is 0 Å². The summed E-state index contributed by atoms with van der Waals surface area (Å²) in [6, 6.07) is 8.61. The number of rotatable bonds is 5. The van der Waals surface area contributed by atoms with Gasteiger partial charge in [0.15, 0.2) is 11.6 Å². The maximum absolute atomic E-state index is 12.2. The van der Waals surface area contributed by atoms with Gasteiger partial charge < -0.3 is 10.6 Å². The molecule has 27 heavy (non-hydrogen) atoms. The lowest BCUT2D eigenvalue weighted by atomic mass is 10.3. The Labute approximate surface area is 153 Å². The zero-order valence-electron chi connectivity index (χ0n) is 14.1. The van der Waals surface area contributed by atoms with Crippen LogP contribution in [0, 0.1) is 0 Å². The quantitative estimate of drug-likeness (QED) is 0.557. The van der Waals surface area contributed by atoms with Gasteiger partial charge in [-0.25, -0.2) is 29.1 Å². The Kier molecular flexibility index (Phi) is 4.51. The van der Waals surface area contributed by atoms with Crippen molar-refractivity contribution in [2.45, 2.75) is 6.54 Å². The normalized spacial score (nSPS) is 10.5. The average Bonchev–Trinajstić information content (AvgIpc) is 3.41. The summed E-state index contributed by atoms with van der Waals surface area (Å²) in [5, 5.41) is 13.7. The maximum atomic E-state index is 12.2. The number of hydrogen-bond acceptors (Lipinski definition) is 6. The molecule has 4 rings (SSSR count). The van der Waals surface area contributed by atoms with Gasteiger partial charge in [0.05, 0.1) is 5.69 Å². The van der Waals surface area contributed by atoms with Gasteiger partial charge in [-0.05, 0) is 29.8 Å². The van der Waals surface area contributed by atoms with Crippen molar-refractivity contribution in [1.82, 2.24) is 39.8 Å². The van der Waals surface area contributed by atoms with Gasteiger partial charge in [0.2, 0.25) is 0 Å². The molecular formula is C17H15N9O. The highest BCUT2D eigenvalue weighted by molar-refractivity contribution is 5.90. The van der Waals surface area contributed by atoms with E-state index in [0.717, 1.165) is 5.56 Å². The lowest BCUT2D eigenvalue weighted by Gasteiger charge is -2.11. The highest BCUT2D eigenvalue weighted by atomic mass is 16.2. The Bertz CT molecular complexity index is 1010. The van der Waals surface area contributed by atoms with Crippen LogP contribution in [0.2, 0.25) is 0 Å². The van der Waals surface area contributed by atoms with E-state index < -0.39 is 0 Å². The van der Waals surface area contributed by atoms with Gasteiger partial charge in [0.1, 0.15) is 12.7 Å².